The first kappa shape index (κ1) is 15.4. The maximum atomic E-state index is 4.68. The largest absolute Gasteiger partial charge is 0.359 e. The van der Waals surface area contributed by atoms with E-state index in [0.717, 1.165) is 22.8 Å². The summed E-state index contributed by atoms with van der Waals surface area (Å²) in [6.45, 7) is 11.9. The van der Waals surface area contributed by atoms with Crippen LogP contribution in [-0.2, 0) is 5.41 Å². The van der Waals surface area contributed by atoms with E-state index in [4.69, 9.17) is 0 Å². The van der Waals surface area contributed by atoms with Crippen molar-refractivity contribution in [3.05, 3.63) is 16.5 Å². The molecule has 0 fully saturated rings. The Morgan fingerprint density at radius 1 is 1.33 bits per heavy atom. The highest BCUT2D eigenvalue weighted by molar-refractivity contribution is 9.10. The number of hydrogen-bond acceptors (Lipinski definition) is 3. The first-order valence-corrected chi connectivity index (χ1v) is 7.29. The smallest absolute Gasteiger partial charge is 0.137 e. The van der Waals surface area contributed by atoms with Crippen LogP contribution in [0.4, 0.5) is 5.82 Å². The van der Waals surface area contributed by atoms with Crippen molar-refractivity contribution in [1.29, 1.82) is 0 Å². The predicted molar refractivity (Wildman–Crippen MR) is 81.2 cm³/mol. The average molecular weight is 314 g/mol. The number of hydrogen-bond donors (Lipinski definition) is 0. The molecule has 1 atom stereocenters. The van der Waals surface area contributed by atoms with Crippen LogP contribution in [-0.4, -0.2) is 23.6 Å². The van der Waals surface area contributed by atoms with Gasteiger partial charge in [0.2, 0.25) is 0 Å². The maximum absolute atomic E-state index is 4.68. The Morgan fingerprint density at radius 3 is 2.44 bits per heavy atom. The summed E-state index contributed by atoms with van der Waals surface area (Å²) in [6, 6.07) is 1.98. The molecule has 0 bridgehead atoms. The van der Waals surface area contributed by atoms with Crippen molar-refractivity contribution >= 4 is 21.7 Å². The first-order valence-electron chi connectivity index (χ1n) is 6.50. The fourth-order valence-electron chi connectivity index (χ4n) is 1.63. The minimum Gasteiger partial charge on any atom is -0.359 e. The van der Waals surface area contributed by atoms with Crippen LogP contribution in [0, 0.1) is 5.92 Å². The topological polar surface area (TPSA) is 29.0 Å². The fourth-order valence-corrected chi connectivity index (χ4v) is 2.00. The number of anilines is 1. The van der Waals surface area contributed by atoms with Crippen molar-refractivity contribution in [3.8, 4) is 0 Å². The first-order chi connectivity index (χ1) is 8.24. The zero-order valence-corrected chi connectivity index (χ0v) is 13.9. The molecule has 1 aromatic rings. The van der Waals surface area contributed by atoms with Gasteiger partial charge in [0.1, 0.15) is 16.2 Å². The Labute approximate surface area is 119 Å². The number of halogens is 1. The van der Waals surface area contributed by atoms with Gasteiger partial charge in [-0.05, 0) is 21.8 Å². The zero-order valence-electron chi connectivity index (χ0n) is 12.3. The Balaban J connectivity index is 2.99. The zero-order chi connectivity index (χ0) is 13.9. The molecule has 0 saturated heterocycles. The second-order valence-electron chi connectivity index (χ2n) is 6.02. The molecule has 0 radical (unpaired) electrons. The number of nitrogens with zero attached hydrogens (tertiary/aromatic N) is 3. The van der Waals surface area contributed by atoms with Crippen LogP contribution in [0.25, 0.3) is 0 Å². The van der Waals surface area contributed by atoms with Gasteiger partial charge in [-0.3, -0.25) is 0 Å². The third-order valence-corrected chi connectivity index (χ3v) is 3.43. The minimum atomic E-state index is -0.0320. The molecule has 0 aliphatic carbocycles. The van der Waals surface area contributed by atoms with E-state index in [-0.39, 0.29) is 5.41 Å². The second-order valence-corrected chi connectivity index (χ2v) is 6.83. The quantitative estimate of drug-likeness (QED) is 0.786. The highest BCUT2D eigenvalue weighted by Gasteiger charge is 2.19. The van der Waals surface area contributed by atoms with E-state index in [1.165, 1.54) is 6.42 Å². The van der Waals surface area contributed by atoms with E-state index in [9.17, 15) is 0 Å². The van der Waals surface area contributed by atoms with Crippen LogP contribution >= 0.6 is 15.9 Å². The molecule has 1 aromatic heterocycles. The molecule has 18 heavy (non-hydrogen) atoms. The van der Waals surface area contributed by atoms with Gasteiger partial charge in [-0.25, -0.2) is 9.97 Å². The highest BCUT2D eigenvalue weighted by atomic mass is 79.9. The molecule has 0 spiro atoms. The van der Waals surface area contributed by atoms with E-state index < -0.39 is 0 Å². The van der Waals surface area contributed by atoms with Gasteiger partial charge in [0.25, 0.3) is 0 Å². The Bertz CT molecular complexity index is 399. The summed E-state index contributed by atoms with van der Waals surface area (Å²) in [7, 11) is 2.09. The summed E-state index contributed by atoms with van der Waals surface area (Å²) in [4.78, 5) is 11.3. The van der Waals surface area contributed by atoms with Gasteiger partial charge in [0.05, 0.1) is 0 Å². The van der Waals surface area contributed by atoms with Gasteiger partial charge in [-0.2, -0.15) is 0 Å². The molecule has 0 saturated carbocycles. The summed E-state index contributed by atoms with van der Waals surface area (Å²) in [5.74, 6) is 2.53. The third kappa shape index (κ3) is 4.23. The molecule has 1 heterocycles. The molecule has 4 heteroatoms. The molecule has 0 N–H and O–H groups in total. The van der Waals surface area contributed by atoms with Gasteiger partial charge < -0.3 is 4.90 Å². The third-order valence-electron chi connectivity index (χ3n) is 3.03. The van der Waals surface area contributed by atoms with Crippen molar-refractivity contribution in [2.24, 2.45) is 5.92 Å². The normalized spacial score (nSPS) is 13.5. The Morgan fingerprint density at radius 2 is 1.94 bits per heavy atom. The molecule has 0 amide bonds. The summed E-state index contributed by atoms with van der Waals surface area (Å²) in [5, 5.41) is 0. The van der Waals surface area contributed by atoms with Crippen LogP contribution in [0.3, 0.4) is 0 Å². The van der Waals surface area contributed by atoms with Crippen molar-refractivity contribution in [2.75, 3.05) is 18.5 Å². The standard InChI is InChI=1S/C14H24BrN3/c1-7-10(2)9-18(6)12-8-11(15)16-13(17-12)14(3,4)5/h8,10H,7,9H2,1-6H3. The molecular formula is C14H24BrN3. The fraction of sp³-hybridized carbons (Fsp3) is 0.714. The van der Waals surface area contributed by atoms with Crippen LogP contribution < -0.4 is 4.90 Å². The predicted octanol–water partition coefficient (Wildman–Crippen LogP) is 4.02. The average Bonchev–Trinajstić information content (AvgIpc) is 2.26. The lowest BCUT2D eigenvalue weighted by atomic mass is 9.96. The highest BCUT2D eigenvalue weighted by Crippen LogP contribution is 2.24. The monoisotopic (exact) mass is 313 g/mol. The van der Waals surface area contributed by atoms with Crippen molar-refractivity contribution in [2.45, 2.75) is 46.5 Å². The minimum absolute atomic E-state index is 0.0320. The molecule has 1 unspecified atom stereocenters. The molecule has 3 nitrogen and oxygen atoms in total. The lowest BCUT2D eigenvalue weighted by molar-refractivity contribution is 0.534. The molecule has 0 aliphatic rings. The van der Waals surface area contributed by atoms with Gasteiger partial charge in [-0.1, -0.05) is 41.0 Å². The summed E-state index contributed by atoms with van der Waals surface area (Å²) >= 11 is 3.48. The maximum Gasteiger partial charge on any atom is 0.137 e. The van der Waals surface area contributed by atoms with Gasteiger partial charge in [0.15, 0.2) is 0 Å². The van der Waals surface area contributed by atoms with Gasteiger partial charge in [-0.15, -0.1) is 0 Å². The van der Waals surface area contributed by atoms with Crippen molar-refractivity contribution in [3.63, 3.8) is 0 Å². The molecule has 0 aromatic carbocycles. The van der Waals surface area contributed by atoms with E-state index in [0.29, 0.717) is 5.92 Å². The van der Waals surface area contributed by atoms with E-state index in [1.807, 2.05) is 6.07 Å². The van der Waals surface area contributed by atoms with E-state index >= 15 is 0 Å². The number of rotatable bonds is 4. The lowest BCUT2D eigenvalue weighted by Gasteiger charge is -2.24. The Hall–Kier alpha value is -0.640. The molecule has 1 rings (SSSR count). The van der Waals surface area contributed by atoms with Crippen LogP contribution in [0.15, 0.2) is 10.7 Å². The van der Waals surface area contributed by atoms with Crippen LogP contribution in [0.2, 0.25) is 0 Å². The lowest BCUT2D eigenvalue weighted by Crippen LogP contribution is -2.26. The van der Waals surface area contributed by atoms with E-state index in [2.05, 4.69) is 72.5 Å². The second kappa shape index (κ2) is 6.00. The molecule has 102 valence electrons. The summed E-state index contributed by atoms with van der Waals surface area (Å²) in [6.07, 6.45) is 1.18. The van der Waals surface area contributed by atoms with Crippen LogP contribution in [0.1, 0.15) is 46.9 Å². The van der Waals surface area contributed by atoms with E-state index in [1.54, 1.807) is 0 Å². The number of aromatic nitrogens is 2. The summed E-state index contributed by atoms with van der Waals surface area (Å²) in [5.41, 5.74) is -0.0320. The summed E-state index contributed by atoms with van der Waals surface area (Å²) < 4.78 is 0.855. The van der Waals surface area contributed by atoms with Crippen LogP contribution in [0.5, 0.6) is 0 Å². The van der Waals surface area contributed by atoms with Crippen molar-refractivity contribution < 1.29 is 0 Å². The van der Waals surface area contributed by atoms with Crippen molar-refractivity contribution in [1.82, 2.24) is 9.97 Å². The Kier molecular flexibility index (Phi) is 5.14. The molecular weight excluding hydrogens is 290 g/mol. The van der Waals surface area contributed by atoms with Gasteiger partial charge in [0, 0.05) is 25.1 Å². The molecule has 0 aliphatic heterocycles. The van der Waals surface area contributed by atoms with Gasteiger partial charge >= 0.3 is 0 Å². The SMILES string of the molecule is CCC(C)CN(C)c1cc(Br)nc(C(C)(C)C)n1.